The van der Waals surface area contributed by atoms with Gasteiger partial charge in [0.1, 0.15) is 6.61 Å². The fourth-order valence-corrected chi connectivity index (χ4v) is 5.22. The molecule has 0 saturated heterocycles. The Balaban J connectivity index is 1.91. The lowest BCUT2D eigenvalue weighted by molar-refractivity contribution is -0.136. The van der Waals surface area contributed by atoms with E-state index in [0.717, 1.165) is 0 Å². The van der Waals surface area contributed by atoms with Crippen LogP contribution in [-0.2, 0) is 9.53 Å². The Morgan fingerprint density at radius 1 is 1.16 bits per heavy atom. The van der Waals surface area contributed by atoms with Gasteiger partial charge in [-0.2, -0.15) is 0 Å². The number of aromatic nitrogens is 1. The molecule has 0 radical (unpaired) electrons. The summed E-state index contributed by atoms with van der Waals surface area (Å²) in [4.78, 5) is 31.7. The number of phenolic OH excluding ortho intramolecular Hbond substituents is 1. The van der Waals surface area contributed by atoms with E-state index in [1.165, 1.54) is 36.2 Å². The zero-order valence-corrected chi connectivity index (χ0v) is 22.3. The smallest absolute Gasteiger partial charge is 0.338 e. The molecule has 1 aliphatic heterocycles. The van der Waals surface area contributed by atoms with Gasteiger partial charge in [-0.3, -0.25) is 9.36 Å². The first kappa shape index (κ1) is 26.7. The zero-order chi connectivity index (χ0) is 27.4. The van der Waals surface area contributed by atoms with Crippen LogP contribution in [0.15, 0.2) is 70.1 Å². The monoisotopic (exact) mass is 536 g/mol. The standard InChI is InChI=1S/C28H28N2O7S/c1-6-12-37-20-11-9-18(15-22(20)34-4)25-24(27(33)35-5)16(3)29-28-30(25)26(32)23(38-28)14-17-8-10-19(31)21(13-17)36-7-2/h6,8-11,13-15,25,31H,1,7,12H2,2-5H3/b23-14-. The van der Waals surface area contributed by atoms with Crippen LogP contribution in [0.1, 0.15) is 31.0 Å². The predicted molar refractivity (Wildman–Crippen MR) is 144 cm³/mol. The molecule has 9 nitrogen and oxygen atoms in total. The normalized spacial score (nSPS) is 14.9. The molecule has 198 valence electrons. The van der Waals surface area contributed by atoms with Crippen molar-refractivity contribution in [1.29, 1.82) is 0 Å². The van der Waals surface area contributed by atoms with Crippen LogP contribution < -0.4 is 29.1 Å². The summed E-state index contributed by atoms with van der Waals surface area (Å²) in [6.45, 7) is 7.87. The second kappa shape index (κ2) is 11.4. The summed E-state index contributed by atoms with van der Waals surface area (Å²) in [5.41, 5.74) is 1.66. The van der Waals surface area contributed by atoms with E-state index >= 15 is 0 Å². The highest BCUT2D eigenvalue weighted by molar-refractivity contribution is 7.07. The number of ether oxygens (including phenoxy) is 4. The van der Waals surface area contributed by atoms with Crippen LogP contribution in [0.25, 0.3) is 6.08 Å². The molecule has 2 heterocycles. The summed E-state index contributed by atoms with van der Waals surface area (Å²) >= 11 is 1.20. The number of nitrogens with zero attached hydrogens (tertiary/aromatic N) is 2. The molecule has 0 spiro atoms. The maximum absolute atomic E-state index is 13.8. The van der Waals surface area contributed by atoms with Gasteiger partial charge in [-0.15, -0.1) is 0 Å². The minimum atomic E-state index is -0.804. The molecule has 1 N–H and O–H groups in total. The number of allylic oxidation sites excluding steroid dienone is 1. The van der Waals surface area contributed by atoms with Crippen LogP contribution in [0.4, 0.5) is 0 Å². The number of hydrogen-bond donors (Lipinski definition) is 1. The van der Waals surface area contributed by atoms with Gasteiger partial charge < -0.3 is 24.1 Å². The lowest BCUT2D eigenvalue weighted by atomic mass is 9.95. The molecule has 0 saturated carbocycles. The van der Waals surface area contributed by atoms with Crippen molar-refractivity contribution in [2.24, 2.45) is 4.99 Å². The molecule has 3 aromatic rings. The summed E-state index contributed by atoms with van der Waals surface area (Å²) in [5, 5.41) is 10.0. The van der Waals surface area contributed by atoms with E-state index in [2.05, 4.69) is 11.6 Å². The molecule has 10 heteroatoms. The minimum Gasteiger partial charge on any atom is -0.504 e. The van der Waals surface area contributed by atoms with Gasteiger partial charge in [-0.05, 0) is 55.3 Å². The molecule has 1 aromatic heterocycles. The Labute approximate surface area is 223 Å². The van der Waals surface area contributed by atoms with E-state index in [1.807, 2.05) is 6.92 Å². The number of carbonyl (C=O) groups excluding carboxylic acids is 1. The van der Waals surface area contributed by atoms with Crippen molar-refractivity contribution in [2.45, 2.75) is 19.9 Å². The number of carbonyl (C=O) groups is 1. The second-order valence-corrected chi connectivity index (χ2v) is 9.25. The van der Waals surface area contributed by atoms with Crippen molar-refractivity contribution in [3.8, 4) is 23.0 Å². The molecular weight excluding hydrogens is 508 g/mol. The Bertz CT molecular complexity index is 1600. The first-order valence-corrected chi connectivity index (χ1v) is 12.6. The van der Waals surface area contributed by atoms with Gasteiger partial charge >= 0.3 is 5.97 Å². The number of esters is 1. The first-order chi connectivity index (χ1) is 18.3. The lowest BCUT2D eigenvalue weighted by Crippen LogP contribution is -2.39. The molecule has 1 atom stereocenters. The highest BCUT2D eigenvalue weighted by Gasteiger charge is 2.33. The van der Waals surface area contributed by atoms with Crippen LogP contribution in [0.3, 0.4) is 0 Å². The summed E-state index contributed by atoms with van der Waals surface area (Å²) in [6.07, 6.45) is 3.32. The van der Waals surface area contributed by atoms with E-state index in [0.29, 0.717) is 56.6 Å². The third-order valence-electron chi connectivity index (χ3n) is 5.87. The van der Waals surface area contributed by atoms with E-state index < -0.39 is 12.0 Å². The van der Waals surface area contributed by atoms with Gasteiger partial charge in [0.25, 0.3) is 5.56 Å². The number of hydrogen-bond acceptors (Lipinski definition) is 9. The number of aromatic hydroxyl groups is 1. The van der Waals surface area contributed by atoms with Gasteiger partial charge in [-0.25, -0.2) is 9.79 Å². The first-order valence-electron chi connectivity index (χ1n) is 11.8. The maximum Gasteiger partial charge on any atom is 0.338 e. The molecule has 4 rings (SSSR count). The average Bonchev–Trinajstić information content (AvgIpc) is 3.22. The summed E-state index contributed by atoms with van der Waals surface area (Å²) < 4.78 is 23.6. The minimum absolute atomic E-state index is 0.0123. The Hall–Kier alpha value is -4.31. The van der Waals surface area contributed by atoms with E-state index in [9.17, 15) is 14.7 Å². The van der Waals surface area contributed by atoms with E-state index in [1.54, 1.807) is 49.4 Å². The molecule has 0 fully saturated rings. The van der Waals surface area contributed by atoms with Crippen LogP contribution in [0.2, 0.25) is 0 Å². The summed E-state index contributed by atoms with van der Waals surface area (Å²) in [7, 11) is 2.81. The van der Waals surface area contributed by atoms with Crippen molar-refractivity contribution >= 4 is 23.4 Å². The molecule has 0 amide bonds. The zero-order valence-electron chi connectivity index (χ0n) is 21.5. The fraction of sp³-hybridized carbons (Fsp3) is 0.250. The second-order valence-electron chi connectivity index (χ2n) is 8.24. The SMILES string of the molecule is C=CCOc1ccc(C2C(C(=O)OC)=C(C)N=c3s/c(=C\c4ccc(O)c(OCC)c4)c(=O)n32)cc1OC. The van der Waals surface area contributed by atoms with Gasteiger partial charge in [0.2, 0.25) is 0 Å². The highest BCUT2D eigenvalue weighted by Crippen LogP contribution is 2.36. The quantitative estimate of drug-likeness (QED) is 0.331. The van der Waals surface area contributed by atoms with Crippen molar-refractivity contribution in [1.82, 2.24) is 4.57 Å². The van der Waals surface area contributed by atoms with Crippen molar-refractivity contribution in [3.05, 3.63) is 91.1 Å². The number of thiazole rings is 1. The number of methoxy groups -OCH3 is 2. The van der Waals surface area contributed by atoms with E-state index in [-0.39, 0.29) is 16.9 Å². The fourth-order valence-electron chi connectivity index (χ4n) is 4.17. The third-order valence-corrected chi connectivity index (χ3v) is 6.85. The van der Waals surface area contributed by atoms with Gasteiger partial charge in [-0.1, -0.05) is 36.1 Å². The van der Waals surface area contributed by atoms with Crippen molar-refractivity contribution in [2.75, 3.05) is 27.4 Å². The number of fused-ring (bicyclic) bond motifs is 1. The van der Waals surface area contributed by atoms with Crippen LogP contribution in [0, 0.1) is 0 Å². The molecular formula is C28H28N2O7S. The largest absolute Gasteiger partial charge is 0.504 e. The molecule has 1 aliphatic rings. The van der Waals surface area contributed by atoms with Gasteiger partial charge in [0.05, 0.1) is 42.7 Å². The van der Waals surface area contributed by atoms with Crippen LogP contribution in [-0.4, -0.2) is 43.1 Å². The predicted octanol–water partition coefficient (Wildman–Crippen LogP) is 3.09. The average molecular weight is 537 g/mol. The van der Waals surface area contributed by atoms with E-state index in [4.69, 9.17) is 18.9 Å². The highest BCUT2D eigenvalue weighted by atomic mass is 32.1. The maximum atomic E-state index is 13.8. The summed E-state index contributed by atoms with van der Waals surface area (Å²) in [6, 6.07) is 9.29. The van der Waals surface area contributed by atoms with Crippen LogP contribution in [0.5, 0.6) is 23.0 Å². The van der Waals surface area contributed by atoms with Crippen LogP contribution >= 0.6 is 11.3 Å². The lowest BCUT2D eigenvalue weighted by Gasteiger charge is -2.25. The number of benzene rings is 2. The van der Waals surface area contributed by atoms with Gasteiger partial charge in [0.15, 0.2) is 27.8 Å². The van der Waals surface area contributed by atoms with Crippen molar-refractivity contribution in [3.63, 3.8) is 0 Å². The number of rotatable bonds is 9. The molecule has 38 heavy (non-hydrogen) atoms. The molecule has 0 aliphatic carbocycles. The Morgan fingerprint density at radius 3 is 2.63 bits per heavy atom. The molecule has 2 aromatic carbocycles. The molecule has 0 bridgehead atoms. The van der Waals surface area contributed by atoms with Crippen molar-refractivity contribution < 1.29 is 28.8 Å². The Kier molecular flexibility index (Phi) is 8.02. The summed E-state index contributed by atoms with van der Waals surface area (Å²) in [5.74, 6) is 0.690. The molecule has 1 unspecified atom stereocenters. The third kappa shape index (κ3) is 5.08. The Morgan fingerprint density at radius 2 is 1.95 bits per heavy atom. The topological polar surface area (TPSA) is 109 Å². The number of phenols is 1. The van der Waals surface area contributed by atoms with Gasteiger partial charge in [0, 0.05) is 0 Å².